The molecule has 1 aromatic carbocycles. The molecule has 108 valence electrons. The highest BCUT2D eigenvalue weighted by atomic mass is 79.9. The Bertz CT molecular complexity index is 366. The standard InChI is InChI=1S/C16H26BrNO/c1-3-4-5-6-7-8-11-19-16-12-14(17)9-10-15(16)13(2)18/h9-10,12-13H,3-8,11,18H2,1-2H3. The molecule has 0 aliphatic heterocycles. The van der Waals surface area contributed by atoms with E-state index in [0.29, 0.717) is 0 Å². The highest BCUT2D eigenvalue weighted by Gasteiger charge is 2.08. The van der Waals surface area contributed by atoms with E-state index in [0.717, 1.165) is 28.8 Å². The Balaban J connectivity index is 2.34. The molecule has 1 aromatic rings. The SMILES string of the molecule is CCCCCCCCOc1cc(Br)ccc1C(C)N. The molecule has 0 heterocycles. The quantitative estimate of drug-likeness (QED) is 0.632. The summed E-state index contributed by atoms with van der Waals surface area (Å²) in [6, 6.07) is 6.06. The van der Waals surface area contributed by atoms with Gasteiger partial charge in [-0.15, -0.1) is 0 Å². The molecule has 0 bridgehead atoms. The normalized spacial score (nSPS) is 12.4. The molecule has 19 heavy (non-hydrogen) atoms. The fourth-order valence-corrected chi connectivity index (χ4v) is 2.41. The zero-order valence-electron chi connectivity index (χ0n) is 12.1. The fraction of sp³-hybridized carbons (Fsp3) is 0.625. The van der Waals surface area contributed by atoms with Crippen molar-refractivity contribution in [3.8, 4) is 5.75 Å². The van der Waals surface area contributed by atoms with Crippen LogP contribution in [0.3, 0.4) is 0 Å². The lowest BCUT2D eigenvalue weighted by Crippen LogP contribution is -2.08. The Labute approximate surface area is 125 Å². The summed E-state index contributed by atoms with van der Waals surface area (Å²) < 4.78 is 6.91. The summed E-state index contributed by atoms with van der Waals surface area (Å²) in [7, 11) is 0. The van der Waals surface area contributed by atoms with E-state index in [1.165, 1.54) is 32.1 Å². The lowest BCUT2D eigenvalue weighted by Gasteiger charge is -2.14. The van der Waals surface area contributed by atoms with Crippen LogP contribution in [0.1, 0.15) is 64.0 Å². The Morgan fingerprint density at radius 1 is 1.16 bits per heavy atom. The van der Waals surface area contributed by atoms with Crippen molar-refractivity contribution >= 4 is 15.9 Å². The van der Waals surface area contributed by atoms with Crippen molar-refractivity contribution in [2.24, 2.45) is 5.73 Å². The topological polar surface area (TPSA) is 35.2 Å². The number of halogens is 1. The highest BCUT2D eigenvalue weighted by molar-refractivity contribution is 9.10. The lowest BCUT2D eigenvalue weighted by atomic mass is 10.1. The third-order valence-corrected chi connectivity index (χ3v) is 3.71. The van der Waals surface area contributed by atoms with E-state index in [1.54, 1.807) is 0 Å². The Morgan fingerprint density at radius 2 is 1.84 bits per heavy atom. The molecule has 3 heteroatoms. The minimum Gasteiger partial charge on any atom is -0.493 e. The van der Waals surface area contributed by atoms with Crippen LogP contribution >= 0.6 is 15.9 Å². The smallest absolute Gasteiger partial charge is 0.125 e. The van der Waals surface area contributed by atoms with E-state index < -0.39 is 0 Å². The molecule has 0 aromatic heterocycles. The summed E-state index contributed by atoms with van der Waals surface area (Å²) in [4.78, 5) is 0. The minimum absolute atomic E-state index is 0.00709. The molecule has 1 atom stereocenters. The molecule has 2 N–H and O–H groups in total. The van der Waals surface area contributed by atoms with Gasteiger partial charge in [0.1, 0.15) is 5.75 Å². The van der Waals surface area contributed by atoms with Crippen LogP contribution < -0.4 is 10.5 Å². The average molecular weight is 328 g/mol. The number of hydrogen-bond acceptors (Lipinski definition) is 2. The zero-order valence-corrected chi connectivity index (χ0v) is 13.7. The van der Waals surface area contributed by atoms with Gasteiger partial charge in [-0.1, -0.05) is 61.0 Å². The van der Waals surface area contributed by atoms with Crippen molar-refractivity contribution in [3.05, 3.63) is 28.2 Å². The monoisotopic (exact) mass is 327 g/mol. The Hall–Kier alpha value is -0.540. The van der Waals surface area contributed by atoms with Gasteiger partial charge < -0.3 is 10.5 Å². The second-order valence-electron chi connectivity index (χ2n) is 5.09. The maximum Gasteiger partial charge on any atom is 0.125 e. The number of benzene rings is 1. The Morgan fingerprint density at radius 3 is 2.53 bits per heavy atom. The third kappa shape index (κ3) is 6.44. The zero-order chi connectivity index (χ0) is 14.1. The first-order valence-corrected chi connectivity index (χ1v) is 8.12. The van der Waals surface area contributed by atoms with Crippen molar-refractivity contribution in [1.82, 2.24) is 0 Å². The van der Waals surface area contributed by atoms with Crippen molar-refractivity contribution in [2.75, 3.05) is 6.61 Å². The molecule has 0 spiro atoms. The molecule has 0 saturated heterocycles. The number of hydrogen-bond donors (Lipinski definition) is 1. The van der Waals surface area contributed by atoms with E-state index in [9.17, 15) is 0 Å². The lowest BCUT2D eigenvalue weighted by molar-refractivity contribution is 0.300. The van der Waals surface area contributed by atoms with Crippen molar-refractivity contribution in [1.29, 1.82) is 0 Å². The van der Waals surface area contributed by atoms with Crippen LogP contribution in [0.4, 0.5) is 0 Å². The molecular formula is C16H26BrNO. The van der Waals surface area contributed by atoms with Crippen LogP contribution in [0.5, 0.6) is 5.75 Å². The molecule has 1 unspecified atom stereocenters. The van der Waals surface area contributed by atoms with Crippen molar-refractivity contribution in [2.45, 2.75) is 58.4 Å². The third-order valence-electron chi connectivity index (χ3n) is 3.22. The summed E-state index contributed by atoms with van der Waals surface area (Å²) in [5.41, 5.74) is 7.03. The minimum atomic E-state index is 0.00709. The van der Waals surface area contributed by atoms with E-state index in [4.69, 9.17) is 10.5 Å². The van der Waals surface area contributed by atoms with E-state index >= 15 is 0 Å². The first-order chi connectivity index (χ1) is 9.15. The van der Waals surface area contributed by atoms with Crippen LogP contribution in [0.15, 0.2) is 22.7 Å². The van der Waals surface area contributed by atoms with E-state index in [-0.39, 0.29) is 6.04 Å². The number of unbranched alkanes of at least 4 members (excludes halogenated alkanes) is 5. The second-order valence-corrected chi connectivity index (χ2v) is 6.00. The molecule has 0 saturated carbocycles. The molecule has 0 aliphatic rings. The van der Waals surface area contributed by atoms with Gasteiger partial charge in [0.05, 0.1) is 6.61 Å². The van der Waals surface area contributed by atoms with Gasteiger partial charge in [-0.25, -0.2) is 0 Å². The van der Waals surface area contributed by atoms with Gasteiger partial charge in [0, 0.05) is 16.1 Å². The van der Waals surface area contributed by atoms with Gasteiger partial charge in [0.15, 0.2) is 0 Å². The molecule has 0 aliphatic carbocycles. The van der Waals surface area contributed by atoms with Gasteiger partial charge in [-0.2, -0.15) is 0 Å². The first kappa shape index (κ1) is 16.5. The van der Waals surface area contributed by atoms with Gasteiger partial charge in [-0.05, 0) is 25.5 Å². The molecular weight excluding hydrogens is 302 g/mol. The molecule has 0 amide bonds. The summed E-state index contributed by atoms with van der Waals surface area (Å²) in [6.45, 7) is 5.01. The predicted octanol–water partition coefficient (Wildman–Crippen LogP) is 5.21. The van der Waals surface area contributed by atoms with Gasteiger partial charge in [-0.3, -0.25) is 0 Å². The van der Waals surface area contributed by atoms with Gasteiger partial charge in [0.25, 0.3) is 0 Å². The van der Waals surface area contributed by atoms with E-state index in [1.807, 2.05) is 25.1 Å². The largest absolute Gasteiger partial charge is 0.493 e. The predicted molar refractivity (Wildman–Crippen MR) is 85.6 cm³/mol. The first-order valence-electron chi connectivity index (χ1n) is 7.33. The maximum absolute atomic E-state index is 5.95. The number of rotatable bonds is 9. The van der Waals surface area contributed by atoms with Crippen molar-refractivity contribution in [3.63, 3.8) is 0 Å². The van der Waals surface area contributed by atoms with Gasteiger partial charge in [0.2, 0.25) is 0 Å². The summed E-state index contributed by atoms with van der Waals surface area (Å²) >= 11 is 3.48. The summed E-state index contributed by atoms with van der Waals surface area (Å²) in [6.07, 6.45) is 7.68. The van der Waals surface area contributed by atoms with E-state index in [2.05, 4.69) is 22.9 Å². The maximum atomic E-state index is 5.95. The molecule has 0 fully saturated rings. The summed E-state index contributed by atoms with van der Waals surface area (Å²) in [5.74, 6) is 0.915. The number of nitrogens with two attached hydrogens (primary N) is 1. The number of ether oxygens (including phenoxy) is 1. The molecule has 0 radical (unpaired) electrons. The molecule has 2 nitrogen and oxygen atoms in total. The highest BCUT2D eigenvalue weighted by Crippen LogP contribution is 2.27. The Kier molecular flexibility index (Phi) is 8.15. The molecule has 1 rings (SSSR count). The van der Waals surface area contributed by atoms with Gasteiger partial charge >= 0.3 is 0 Å². The second kappa shape index (κ2) is 9.38. The van der Waals surface area contributed by atoms with Crippen LogP contribution in [0.25, 0.3) is 0 Å². The summed E-state index contributed by atoms with van der Waals surface area (Å²) in [5, 5.41) is 0. The van der Waals surface area contributed by atoms with Crippen LogP contribution in [-0.4, -0.2) is 6.61 Å². The van der Waals surface area contributed by atoms with Crippen LogP contribution in [0, 0.1) is 0 Å². The average Bonchev–Trinajstić information content (AvgIpc) is 2.37. The van der Waals surface area contributed by atoms with Crippen molar-refractivity contribution < 1.29 is 4.74 Å². The fourth-order valence-electron chi connectivity index (χ4n) is 2.07. The van der Waals surface area contributed by atoms with Crippen LogP contribution in [0.2, 0.25) is 0 Å². The van der Waals surface area contributed by atoms with Crippen LogP contribution in [-0.2, 0) is 0 Å².